The van der Waals surface area contributed by atoms with Crippen LogP contribution in [-0.4, -0.2) is 45.1 Å². The summed E-state index contributed by atoms with van der Waals surface area (Å²) in [6.45, 7) is 6.47. The molecule has 0 unspecified atom stereocenters. The Hall–Kier alpha value is -2.51. The van der Waals surface area contributed by atoms with Crippen LogP contribution in [0.4, 0.5) is 0 Å². The Balaban J connectivity index is 2.10. The Morgan fingerprint density at radius 2 is 1.46 bits per heavy atom. The zero-order valence-electron chi connectivity index (χ0n) is 14.1. The third-order valence-electron chi connectivity index (χ3n) is 4.02. The minimum atomic E-state index is -1.13. The first-order chi connectivity index (χ1) is 11.0. The Kier molecular flexibility index (Phi) is 4.34. The molecule has 2 rings (SSSR count). The first-order valence-electron chi connectivity index (χ1n) is 7.60. The number of carbonyl (C=O) groups is 5. The van der Waals surface area contributed by atoms with E-state index >= 15 is 0 Å². The number of hydrogen-bond acceptors (Lipinski definition) is 6. The van der Waals surface area contributed by atoms with Crippen molar-refractivity contribution in [3.05, 3.63) is 12.2 Å². The maximum absolute atomic E-state index is 12.4. The average Bonchev–Trinajstić information content (AvgIpc) is 2.94. The zero-order valence-corrected chi connectivity index (χ0v) is 14.1. The van der Waals surface area contributed by atoms with Gasteiger partial charge in [0.05, 0.1) is 5.41 Å². The van der Waals surface area contributed by atoms with Gasteiger partial charge in [-0.15, -0.1) is 5.06 Å². The summed E-state index contributed by atoms with van der Waals surface area (Å²) in [6.07, 6.45) is 2.49. The van der Waals surface area contributed by atoms with Crippen LogP contribution >= 0.6 is 0 Å². The Morgan fingerprint density at radius 3 is 1.92 bits per heavy atom. The van der Waals surface area contributed by atoms with Gasteiger partial charge in [0.2, 0.25) is 0 Å². The second-order valence-corrected chi connectivity index (χ2v) is 7.18. The van der Waals surface area contributed by atoms with Crippen LogP contribution in [0.1, 0.15) is 47.0 Å². The fourth-order valence-corrected chi connectivity index (χ4v) is 3.09. The van der Waals surface area contributed by atoms with E-state index in [-0.39, 0.29) is 19.3 Å². The quantitative estimate of drug-likeness (QED) is 0.686. The third kappa shape index (κ3) is 3.22. The van der Waals surface area contributed by atoms with Crippen molar-refractivity contribution in [3.63, 3.8) is 0 Å². The van der Waals surface area contributed by atoms with Crippen LogP contribution in [0.15, 0.2) is 12.2 Å². The van der Waals surface area contributed by atoms with Gasteiger partial charge in [-0.1, -0.05) is 0 Å². The van der Waals surface area contributed by atoms with E-state index < -0.39 is 40.6 Å². The van der Waals surface area contributed by atoms with Gasteiger partial charge in [-0.3, -0.25) is 24.1 Å². The lowest BCUT2D eigenvalue weighted by Crippen LogP contribution is -2.51. The van der Waals surface area contributed by atoms with Gasteiger partial charge in [-0.05, 0) is 34.1 Å². The molecule has 0 saturated carbocycles. The molecular weight excluding hydrogens is 316 g/mol. The van der Waals surface area contributed by atoms with Crippen molar-refractivity contribution in [2.24, 2.45) is 5.41 Å². The highest BCUT2D eigenvalue weighted by molar-refractivity contribution is 6.13. The molecule has 0 aromatic rings. The second kappa shape index (κ2) is 5.85. The molecule has 0 bridgehead atoms. The summed E-state index contributed by atoms with van der Waals surface area (Å²) < 4.78 is 0. The topological polar surface area (TPSA) is 101 Å². The van der Waals surface area contributed by atoms with Gasteiger partial charge in [-0.2, -0.15) is 0 Å². The van der Waals surface area contributed by atoms with E-state index in [9.17, 15) is 24.0 Å². The Labute approximate surface area is 139 Å². The normalized spacial score (nSPS) is 18.8. The van der Waals surface area contributed by atoms with E-state index in [1.54, 1.807) is 27.7 Å². The van der Waals surface area contributed by atoms with E-state index in [1.165, 1.54) is 12.2 Å². The van der Waals surface area contributed by atoms with Gasteiger partial charge in [-0.25, -0.2) is 4.79 Å². The predicted molar refractivity (Wildman–Crippen MR) is 80.6 cm³/mol. The van der Waals surface area contributed by atoms with Crippen LogP contribution in [0.2, 0.25) is 0 Å². The average molecular weight is 336 g/mol. The van der Waals surface area contributed by atoms with Crippen molar-refractivity contribution in [3.8, 4) is 0 Å². The van der Waals surface area contributed by atoms with Crippen molar-refractivity contribution in [2.45, 2.75) is 52.5 Å². The number of hydroxylamine groups is 2. The highest BCUT2D eigenvalue weighted by Gasteiger charge is 2.45. The molecule has 8 heteroatoms. The molecule has 0 radical (unpaired) electrons. The largest absolute Gasteiger partial charge is 0.338 e. The fraction of sp³-hybridized carbons (Fsp3) is 0.562. The number of amides is 4. The smallest absolute Gasteiger partial charge is 0.330 e. The van der Waals surface area contributed by atoms with E-state index in [4.69, 9.17) is 4.84 Å². The monoisotopic (exact) mass is 336 g/mol. The van der Waals surface area contributed by atoms with E-state index in [1.807, 2.05) is 0 Å². The second-order valence-electron chi connectivity index (χ2n) is 7.18. The Bertz CT molecular complexity index is 627. The summed E-state index contributed by atoms with van der Waals surface area (Å²) in [5.41, 5.74) is -2.07. The zero-order chi connectivity index (χ0) is 18.3. The molecule has 130 valence electrons. The molecule has 2 aliphatic rings. The van der Waals surface area contributed by atoms with E-state index in [2.05, 4.69) is 0 Å². The van der Waals surface area contributed by atoms with Gasteiger partial charge >= 0.3 is 5.97 Å². The van der Waals surface area contributed by atoms with Gasteiger partial charge in [0.25, 0.3) is 23.6 Å². The first kappa shape index (κ1) is 17.8. The number of rotatable bonds is 5. The van der Waals surface area contributed by atoms with Crippen LogP contribution < -0.4 is 0 Å². The summed E-state index contributed by atoms with van der Waals surface area (Å²) in [5, 5.41) is 0.491. The number of carbonyl (C=O) groups excluding carboxylic acids is 5. The maximum atomic E-state index is 12.4. The Morgan fingerprint density at radius 1 is 1.00 bits per heavy atom. The first-order valence-corrected chi connectivity index (χ1v) is 7.60. The third-order valence-corrected chi connectivity index (χ3v) is 4.02. The SMILES string of the molecule is CC(C)(CC(C)(C)N1C(=O)C=CC1=O)C(=O)ON1C(=O)CCC1=O. The molecule has 4 amide bonds. The summed E-state index contributed by atoms with van der Waals surface area (Å²) in [4.78, 5) is 65.2. The van der Waals surface area contributed by atoms with Crippen LogP contribution in [0, 0.1) is 5.41 Å². The van der Waals surface area contributed by atoms with E-state index in [0.29, 0.717) is 5.06 Å². The molecule has 1 saturated heterocycles. The maximum Gasteiger partial charge on any atom is 0.338 e. The van der Waals surface area contributed by atoms with Gasteiger partial charge in [0.1, 0.15) is 0 Å². The van der Waals surface area contributed by atoms with Crippen molar-refractivity contribution in [1.82, 2.24) is 9.96 Å². The van der Waals surface area contributed by atoms with Crippen LogP contribution in [0.5, 0.6) is 0 Å². The molecule has 0 aliphatic carbocycles. The van der Waals surface area contributed by atoms with Crippen LogP contribution in [0.3, 0.4) is 0 Å². The lowest BCUT2D eigenvalue weighted by molar-refractivity contribution is -0.205. The summed E-state index contributed by atoms with van der Waals surface area (Å²) in [7, 11) is 0. The molecule has 0 aromatic carbocycles. The number of hydrogen-bond donors (Lipinski definition) is 0. The van der Waals surface area contributed by atoms with Crippen molar-refractivity contribution < 1.29 is 28.8 Å². The van der Waals surface area contributed by atoms with Crippen molar-refractivity contribution in [1.29, 1.82) is 0 Å². The van der Waals surface area contributed by atoms with E-state index in [0.717, 1.165) is 4.90 Å². The molecule has 1 fully saturated rings. The molecule has 2 heterocycles. The number of nitrogens with zero attached hydrogens (tertiary/aromatic N) is 2. The van der Waals surface area contributed by atoms with Gasteiger partial charge in [0, 0.05) is 30.5 Å². The summed E-state index contributed by atoms with van der Waals surface area (Å²) in [5.74, 6) is -2.78. The molecule has 0 N–H and O–H groups in total. The van der Waals surface area contributed by atoms with Crippen LogP contribution in [-0.2, 0) is 28.8 Å². The molecule has 0 aromatic heterocycles. The minimum absolute atomic E-state index is 0.0144. The highest BCUT2D eigenvalue weighted by atomic mass is 16.7. The molecule has 8 nitrogen and oxygen atoms in total. The lowest BCUT2D eigenvalue weighted by Gasteiger charge is -2.39. The molecule has 2 aliphatic heterocycles. The molecule has 24 heavy (non-hydrogen) atoms. The van der Waals surface area contributed by atoms with Gasteiger partial charge < -0.3 is 4.84 Å². The van der Waals surface area contributed by atoms with Crippen LogP contribution in [0.25, 0.3) is 0 Å². The summed E-state index contributed by atoms with van der Waals surface area (Å²) >= 11 is 0. The fourth-order valence-electron chi connectivity index (χ4n) is 3.09. The molecule has 0 spiro atoms. The minimum Gasteiger partial charge on any atom is -0.330 e. The van der Waals surface area contributed by atoms with Gasteiger partial charge in [0.15, 0.2) is 0 Å². The number of imide groups is 2. The predicted octanol–water partition coefficient (Wildman–Crippen LogP) is 0.713. The van der Waals surface area contributed by atoms with Crippen molar-refractivity contribution >= 4 is 29.6 Å². The molecular formula is C16H20N2O6. The lowest BCUT2D eigenvalue weighted by atomic mass is 9.79. The van der Waals surface area contributed by atoms with Crippen molar-refractivity contribution in [2.75, 3.05) is 0 Å². The summed E-state index contributed by atoms with van der Waals surface area (Å²) in [6, 6.07) is 0. The molecule has 0 atom stereocenters. The highest BCUT2D eigenvalue weighted by Crippen LogP contribution is 2.35. The standard InChI is InChI=1S/C16H20N2O6/c1-15(2,14(23)24-18-12(21)7-8-13(18)22)9-16(3,4)17-10(19)5-6-11(17)20/h5-6H,7-9H2,1-4H3.